The Kier molecular flexibility index (Phi) is 7.63. The van der Waals surface area contributed by atoms with Crippen LogP contribution >= 0.6 is 0 Å². The van der Waals surface area contributed by atoms with Crippen molar-refractivity contribution < 1.29 is 4.74 Å². The lowest BCUT2D eigenvalue weighted by atomic mass is 10.0. The molecule has 3 heteroatoms. The first-order chi connectivity index (χ1) is 9.63. The molecule has 0 bridgehead atoms. The summed E-state index contributed by atoms with van der Waals surface area (Å²) in [6.45, 7) is 11.3. The molecule has 0 radical (unpaired) electrons. The Bertz CT molecular complexity index is 381. The normalized spacial score (nSPS) is 14.3. The molecule has 0 amide bonds. The van der Waals surface area contributed by atoms with Crippen molar-refractivity contribution in [2.45, 2.75) is 46.2 Å². The van der Waals surface area contributed by atoms with Crippen molar-refractivity contribution in [2.75, 3.05) is 26.7 Å². The molecule has 0 fully saturated rings. The lowest BCUT2D eigenvalue weighted by Crippen LogP contribution is -2.37. The largest absolute Gasteiger partial charge is 0.494 e. The maximum atomic E-state index is 5.77. The maximum absolute atomic E-state index is 5.77. The van der Waals surface area contributed by atoms with Gasteiger partial charge >= 0.3 is 0 Å². The summed E-state index contributed by atoms with van der Waals surface area (Å²) in [7, 11) is 2.20. The SMILES string of the molecule is CCNC(CN(C)C(C)CC)c1ccccc1OCC. The van der Waals surface area contributed by atoms with Gasteiger partial charge < -0.3 is 15.0 Å². The van der Waals surface area contributed by atoms with Crippen LogP contribution in [0.4, 0.5) is 0 Å². The predicted octanol–water partition coefficient (Wildman–Crippen LogP) is 3.47. The van der Waals surface area contributed by atoms with Crippen LogP contribution in [0.5, 0.6) is 5.75 Å². The number of nitrogens with one attached hydrogen (secondary N) is 1. The first-order valence-electron chi connectivity index (χ1n) is 7.79. The molecule has 114 valence electrons. The minimum absolute atomic E-state index is 0.307. The summed E-state index contributed by atoms with van der Waals surface area (Å²) >= 11 is 0. The van der Waals surface area contributed by atoms with Gasteiger partial charge in [0.25, 0.3) is 0 Å². The van der Waals surface area contributed by atoms with Crippen molar-refractivity contribution >= 4 is 0 Å². The van der Waals surface area contributed by atoms with Gasteiger partial charge in [-0.15, -0.1) is 0 Å². The van der Waals surface area contributed by atoms with Gasteiger partial charge in [0.1, 0.15) is 5.75 Å². The van der Waals surface area contributed by atoms with E-state index < -0.39 is 0 Å². The summed E-state index contributed by atoms with van der Waals surface area (Å²) in [5.41, 5.74) is 1.26. The first kappa shape index (κ1) is 17.0. The van der Waals surface area contributed by atoms with Gasteiger partial charge in [-0.05, 0) is 39.9 Å². The van der Waals surface area contributed by atoms with E-state index >= 15 is 0 Å². The molecular weight excluding hydrogens is 248 g/mol. The third kappa shape index (κ3) is 4.80. The monoisotopic (exact) mass is 278 g/mol. The van der Waals surface area contributed by atoms with Crippen LogP contribution in [0, 0.1) is 0 Å². The molecule has 2 atom stereocenters. The molecule has 1 aromatic rings. The van der Waals surface area contributed by atoms with Gasteiger partial charge in [0, 0.05) is 24.2 Å². The van der Waals surface area contributed by atoms with Gasteiger partial charge in [-0.25, -0.2) is 0 Å². The van der Waals surface area contributed by atoms with Crippen LogP contribution in [-0.4, -0.2) is 37.7 Å². The van der Waals surface area contributed by atoms with Gasteiger partial charge in [-0.1, -0.05) is 32.0 Å². The molecule has 0 aromatic heterocycles. The molecule has 0 aliphatic rings. The minimum Gasteiger partial charge on any atom is -0.494 e. The summed E-state index contributed by atoms with van der Waals surface area (Å²) in [5.74, 6) is 0.999. The van der Waals surface area contributed by atoms with Crippen LogP contribution in [-0.2, 0) is 0 Å². The number of rotatable bonds is 9. The Morgan fingerprint density at radius 1 is 1.20 bits per heavy atom. The summed E-state index contributed by atoms with van der Waals surface area (Å²) in [5, 5.41) is 3.59. The molecule has 0 heterocycles. The highest BCUT2D eigenvalue weighted by molar-refractivity contribution is 5.36. The number of hydrogen-bond donors (Lipinski definition) is 1. The highest BCUT2D eigenvalue weighted by Crippen LogP contribution is 2.26. The Morgan fingerprint density at radius 3 is 2.50 bits per heavy atom. The lowest BCUT2D eigenvalue weighted by Gasteiger charge is -2.30. The van der Waals surface area contributed by atoms with Crippen molar-refractivity contribution in [2.24, 2.45) is 0 Å². The van der Waals surface area contributed by atoms with Crippen LogP contribution in [0.15, 0.2) is 24.3 Å². The number of hydrogen-bond acceptors (Lipinski definition) is 3. The molecule has 3 nitrogen and oxygen atoms in total. The van der Waals surface area contributed by atoms with Gasteiger partial charge in [0.05, 0.1) is 6.61 Å². The molecule has 0 saturated heterocycles. The molecule has 0 spiro atoms. The molecule has 1 aromatic carbocycles. The Labute approximate surface area is 124 Å². The number of likely N-dealkylation sites (N-methyl/N-ethyl adjacent to an activating group) is 2. The Morgan fingerprint density at radius 2 is 1.90 bits per heavy atom. The van der Waals surface area contributed by atoms with Crippen LogP contribution < -0.4 is 10.1 Å². The van der Waals surface area contributed by atoms with E-state index in [0.29, 0.717) is 18.7 Å². The van der Waals surface area contributed by atoms with E-state index in [-0.39, 0.29) is 0 Å². The fourth-order valence-electron chi connectivity index (χ4n) is 2.35. The number of para-hydroxylation sites is 1. The average Bonchev–Trinajstić information content (AvgIpc) is 2.46. The first-order valence-corrected chi connectivity index (χ1v) is 7.79. The zero-order chi connectivity index (χ0) is 15.0. The van der Waals surface area contributed by atoms with Gasteiger partial charge in [0.15, 0.2) is 0 Å². The van der Waals surface area contributed by atoms with E-state index in [9.17, 15) is 0 Å². The molecule has 2 unspecified atom stereocenters. The molecule has 0 aliphatic heterocycles. The second kappa shape index (κ2) is 8.98. The number of nitrogens with zero attached hydrogens (tertiary/aromatic N) is 1. The maximum Gasteiger partial charge on any atom is 0.124 e. The molecular formula is C17H30N2O. The van der Waals surface area contributed by atoms with E-state index in [1.807, 2.05) is 13.0 Å². The second-order valence-electron chi connectivity index (χ2n) is 5.28. The smallest absolute Gasteiger partial charge is 0.124 e. The van der Waals surface area contributed by atoms with E-state index in [4.69, 9.17) is 4.74 Å². The zero-order valence-electron chi connectivity index (χ0n) is 13.6. The van der Waals surface area contributed by atoms with E-state index in [1.54, 1.807) is 0 Å². The number of ether oxygens (including phenoxy) is 1. The van der Waals surface area contributed by atoms with Crippen molar-refractivity contribution in [1.29, 1.82) is 0 Å². The summed E-state index contributed by atoms with van der Waals surface area (Å²) in [4.78, 5) is 2.41. The fraction of sp³-hybridized carbons (Fsp3) is 0.647. The van der Waals surface area contributed by atoms with Crippen LogP contribution in [0.3, 0.4) is 0 Å². The molecule has 0 saturated carbocycles. The van der Waals surface area contributed by atoms with Crippen molar-refractivity contribution in [3.63, 3.8) is 0 Å². The predicted molar refractivity (Wildman–Crippen MR) is 86.4 cm³/mol. The third-order valence-electron chi connectivity index (χ3n) is 3.86. The lowest BCUT2D eigenvalue weighted by molar-refractivity contribution is 0.222. The zero-order valence-corrected chi connectivity index (χ0v) is 13.6. The molecule has 20 heavy (non-hydrogen) atoms. The summed E-state index contributed by atoms with van der Waals surface area (Å²) < 4.78 is 5.77. The van der Waals surface area contributed by atoms with Crippen LogP contribution in [0.25, 0.3) is 0 Å². The molecule has 1 rings (SSSR count). The van der Waals surface area contributed by atoms with Crippen molar-refractivity contribution in [1.82, 2.24) is 10.2 Å². The summed E-state index contributed by atoms with van der Waals surface area (Å²) in [6.07, 6.45) is 1.17. The molecule has 0 aliphatic carbocycles. The van der Waals surface area contributed by atoms with E-state index in [2.05, 4.69) is 56.2 Å². The standard InChI is InChI=1S/C17H30N2O/c1-6-14(4)19(5)13-16(18-7-2)15-11-9-10-12-17(15)20-8-3/h9-12,14,16,18H,6-8,13H2,1-5H3. The van der Waals surface area contributed by atoms with Crippen molar-refractivity contribution in [3.8, 4) is 5.75 Å². The van der Waals surface area contributed by atoms with Crippen LogP contribution in [0.2, 0.25) is 0 Å². The Hall–Kier alpha value is -1.06. The Balaban J connectivity index is 2.89. The second-order valence-corrected chi connectivity index (χ2v) is 5.28. The summed E-state index contributed by atoms with van der Waals surface area (Å²) in [6, 6.07) is 9.26. The fourth-order valence-corrected chi connectivity index (χ4v) is 2.35. The van der Waals surface area contributed by atoms with Gasteiger partial charge in [-0.3, -0.25) is 0 Å². The molecule has 1 N–H and O–H groups in total. The van der Waals surface area contributed by atoms with Crippen molar-refractivity contribution in [3.05, 3.63) is 29.8 Å². The number of benzene rings is 1. The van der Waals surface area contributed by atoms with Gasteiger partial charge in [-0.2, -0.15) is 0 Å². The van der Waals surface area contributed by atoms with Gasteiger partial charge in [0.2, 0.25) is 0 Å². The third-order valence-corrected chi connectivity index (χ3v) is 3.86. The van der Waals surface area contributed by atoms with E-state index in [1.165, 1.54) is 12.0 Å². The highest BCUT2D eigenvalue weighted by Gasteiger charge is 2.18. The van der Waals surface area contributed by atoms with Crippen LogP contribution in [0.1, 0.15) is 45.7 Å². The highest BCUT2D eigenvalue weighted by atomic mass is 16.5. The topological polar surface area (TPSA) is 24.5 Å². The minimum atomic E-state index is 0.307. The quantitative estimate of drug-likeness (QED) is 0.748. The average molecular weight is 278 g/mol. The van der Waals surface area contributed by atoms with E-state index in [0.717, 1.165) is 18.8 Å².